The Morgan fingerprint density at radius 3 is 2.64 bits per heavy atom. The van der Waals surface area contributed by atoms with Crippen molar-refractivity contribution in [1.29, 1.82) is 0 Å². The Labute approximate surface area is 168 Å². The van der Waals surface area contributed by atoms with Gasteiger partial charge in [0.2, 0.25) is 5.82 Å². The minimum atomic E-state index is -0.433. The first-order valence-electron chi connectivity index (χ1n) is 9.41. The van der Waals surface area contributed by atoms with Crippen LogP contribution in [0.4, 0.5) is 0 Å². The van der Waals surface area contributed by atoms with Crippen molar-refractivity contribution in [2.24, 2.45) is 0 Å². The van der Waals surface area contributed by atoms with Crippen molar-refractivity contribution in [3.05, 3.63) is 54.3 Å². The first kappa shape index (κ1) is 19.2. The SMILES string of the molecule is O[C@H](CSc1nnc(-c2ccco2)n1Cc1ccccc1)CN1CCOCC1. The molecule has 148 valence electrons. The molecule has 1 N–H and O–H groups in total. The Morgan fingerprint density at radius 2 is 1.89 bits per heavy atom. The average Bonchev–Trinajstić information content (AvgIpc) is 3.38. The lowest BCUT2D eigenvalue weighted by atomic mass is 10.2. The number of aliphatic hydroxyl groups excluding tert-OH is 1. The van der Waals surface area contributed by atoms with E-state index < -0.39 is 6.10 Å². The summed E-state index contributed by atoms with van der Waals surface area (Å²) in [5, 5.41) is 19.9. The smallest absolute Gasteiger partial charge is 0.200 e. The number of aliphatic hydroxyl groups is 1. The van der Waals surface area contributed by atoms with Crippen molar-refractivity contribution in [3.8, 4) is 11.6 Å². The third-order valence-electron chi connectivity index (χ3n) is 4.62. The zero-order chi connectivity index (χ0) is 19.2. The molecule has 4 rings (SSSR count). The van der Waals surface area contributed by atoms with Gasteiger partial charge in [-0.05, 0) is 17.7 Å². The third-order valence-corrected chi connectivity index (χ3v) is 5.73. The van der Waals surface area contributed by atoms with E-state index in [2.05, 4.69) is 27.2 Å². The molecule has 1 atom stereocenters. The molecule has 8 heteroatoms. The van der Waals surface area contributed by atoms with E-state index >= 15 is 0 Å². The Morgan fingerprint density at radius 1 is 1.07 bits per heavy atom. The molecule has 3 heterocycles. The monoisotopic (exact) mass is 400 g/mol. The van der Waals surface area contributed by atoms with E-state index in [1.165, 1.54) is 11.8 Å². The Bertz CT molecular complexity index is 848. The second-order valence-corrected chi connectivity index (χ2v) is 7.72. The number of rotatable bonds is 8. The largest absolute Gasteiger partial charge is 0.461 e. The quantitative estimate of drug-likeness (QED) is 0.582. The summed E-state index contributed by atoms with van der Waals surface area (Å²) >= 11 is 1.52. The van der Waals surface area contributed by atoms with Gasteiger partial charge in [0.15, 0.2) is 10.9 Å². The summed E-state index contributed by atoms with van der Waals surface area (Å²) in [6, 6.07) is 13.9. The predicted molar refractivity (Wildman–Crippen MR) is 107 cm³/mol. The fourth-order valence-electron chi connectivity index (χ4n) is 3.20. The van der Waals surface area contributed by atoms with Crippen molar-refractivity contribution in [2.45, 2.75) is 17.8 Å². The number of hydrogen-bond acceptors (Lipinski definition) is 7. The van der Waals surface area contributed by atoms with E-state index in [9.17, 15) is 5.11 Å². The fourth-order valence-corrected chi connectivity index (χ4v) is 4.05. The number of nitrogens with zero attached hydrogens (tertiary/aromatic N) is 4. The highest BCUT2D eigenvalue weighted by Crippen LogP contribution is 2.26. The van der Waals surface area contributed by atoms with Crippen LogP contribution in [0.5, 0.6) is 0 Å². The molecule has 0 radical (unpaired) electrons. The maximum Gasteiger partial charge on any atom is 0.200 e. The molecule has 1 aromatic carbocycles. The summed E-state index contributed by atoms with van der Waals surface area (Å²) in [5.74, 6) is 1.94. The summed E-state index contributed by atoms with van der Waals surface area (Å²) in [6.07, 6.45) is 1.20. The van der Waals surface area contributed by atoms with Crippen LogP contribution < -0.4 is 0 Å². The van der Waals surface area contributed by atoms with Gasteiger partial charge in [0.25, 0.3) is 0 Å². The minimum absolute atomic E-state index is 0.433. The zero-order valence-corrected chi connectivity index (χ0v) is 16.4. The van der Waals surface area contributed by atoms with Gasteiger partial charge in [-0.1, -0.05) is 42.1 Å². The zero-order valence-electron chi connectivity index (χ0n) is 15.6. The van der Waals surface area contributed by atoms with Gasteiger partial charge in [-0.3, -0.25) is 9.47 Å². The number of β-amino-alcohol motifs (C(OH)–C–C–N with tert-alkyl or cyclic N) is 1. The van der Waals surface area contributed by atoms with Gasteiger partial charge < -0.3 is 14.3 Å². The second-order valence-electron chi connectivity index (χ2n) is 6.73. The van der Waals surface area contributed by atoms with Crippen LogP contribution in [0.25, 0.3) is 11.6 Å². The molecular weight excluding hydrogens is 376 g/mol. The standard InChI is InChI=1S/C20H24N4O3S/c25-17(14-23-8-11-26-12-9-23)15-28-20-22-21-19(18-7-4-10-27-18)24(20)13-16-5-2-1-3-6-16/h1-7,10,17,25H,8-9,11-15H2/t17-/m0/s1. The van der Waals surface area contributed by atoms with Gasteiger partial charge in [0.05, 0.1) is 32.1 Å². The number of aromatic nitrogens is 3. The van der Waals surface area contributed by atoms with E-state index in [4.69, 9.17) is 9.15 Å². The Hall–Kier alpha value is -2.13. The van der Waals surface area contributed by atoms with Gasteiger partial charge in [-0.2, -0.15) is 0 Å². The van der Waals surface area contributed by atoms with Crippen molar-refractivity contribution in [2.75, 3.05) is 38.6 Å². The lowest BCUT2D eigenvalue weighted by molar-refractivity contribution is 0.0188. The molecule has 0 unspecified atom stereocenters. The van der Waals surface area contributed by atoms with E-state index in [0.717, 1.165) is 37.0 Å². The Balaban J connectivity index is 1.46. The molecule has 3 aromatic rings. The normalized spacial score (nSPS) is 16.3. The van der Waals surface area contributed by atoms with Crippen molar-refractivity contribution >= 4 is 11.8 Å². The van der Waals surface area contributed by atoms with Crippen LogP contribution in [0.3, 0.4) is 0 Å². The van der Waals surface area contributed by atoms with E-state index in [1.54, 1.807) is 6.26 Å². The Kier molecular flexibility index (Phi) is 6.43. The van der Waals surface area contributed by atoms with Crippen LogP contribution >= 0.6 is 11.8 Å². The lowest BCUT2D eigenvalue weighted by Crippen LogP contribution is -2.41. The minimum Gasteiger partial charge on any atom is -0.461 e. The summed E-state index contributed by atoms with van der Waals surface area (Å²) in [7, 11) is 0. The summed E-state index contributed by atoms with van der Waals surface area (Å²) in [4.78, 5) is 2.23. The summed E-state index contributed by atoms with van der Waals surface area (Å²) in [6.45, 7) is 4.50. The fraction of sp³-hybridized carbons (Fsp3) is 0.400. The third kappa shape index (κ3) is 4.82. The molecule has 1 fully saturated rings. The molecule has 7 nitrogen and oxygen atoms in total. The molecule has 1 saturated heterocycles. The van der Waals surface area contributed by atoms with Crippen LogP contribution in [0.15, 0.2) is 58.3 Å². The number of thioether (sulfide) groups is 1. The van der Waals surface area contributed by atoms with Gasteiger partial charge in [0, 0.05) is 25.4 Å². The highest BCUT2D eigenvalue weighted by Gasteiger charge is 2.19. The van der Waals surface area contributed by atoms with Crippen molar-refractivity contribution in [1.82, 2.24) is 19.7 Å². The lowest BCUT2D eigenvalue weighted by Gasteiger charge is -2.28. The van der Waals surface area contributed by atoms with E-state index in [1.807, 2.05) is 34.9 Å². The number of furan rings is 1. The molecule has 0 spiro atoms. The first-order chi connectivity index (χ1) is 13.8. The number of hydrogen-bond donors (Lipinski definition) is 1. The van der Waals surface area contributed by atoms with Crippen LogP contribution in [-0.4, -0.2) is 69.5 Å². The molecular formula is C20H24N4O3S. The second kappa shape index (κ2) is 9.38. The van der Waals surface area contributed by atoms with E-state index in [-0.39, 0.29) is 0 Å². The molecule has 0 amide bonds. The predicted octanol–water partition coefficient (Wildman–Crippen LogP) is 2.37. The number of ether oxygens (including phenoxy) is 1. The van der Waals surface area contributed by atoms with Crippen molar-refractivity contribution in [3.63, 3.8) is 0 Å². The highest BCUT2D eigenvalue weighted by atomic mass is 32.2. The summed E-state index contributed by atoms with van der Waals surface area (Å²) in [5.41, 5.74) is 1.16. The maximum atomic E-state index is 10.5. The number of morpholine rings is 1. The number of benzene rings is 1. The molecule has 0 saturated carbocycles. The average molecular weight is 401 g/mol. The highest BCUT2D eigenvalue weighted by molar-refractivity contribution is 7.99. The summed E-state index contributed by atoms with van der Waals surface area (Å²) < 4.78 is 12.9. The topological polar surface area (TPSA) is 76.6 Å². The maximum absolute atomic E-state index is 10.5. The molecule has 1 aliphatic rings. The van der Waals surface area contributed by atoms with Crippen LogP contribution in [0.2, 0.25) is 0 Å². The van der Waals surface area contributed by atoms with Crippen LogP contribution in [0.1, 0.15) is 5.56 Å². The van der Waals surface area contributed by atoms with Gasteiger partial charge in [-0.15, -0.1) is 10.2 Å². The van der Waals surface area contributed by atoms with Gasteiger partial charge >= 0.3 is 0 Å². The van der Waals surface area contributed by atoms with Crippen molar-refractivity contribution < 1.29 is 14.3 Å². The molecule has 28 heavy (non-hydrogen) atoms. The molecule has 0 aliphatic carbocycles. The first-order valence-corrected chi connectivity index (χ1v) is 10.4. The molecule has 1 aliphatic heterocycles. The van der Waals surface area contributed by atoms with Gasteiger partial charge in [-0.25, -0.2) is 0 Å². The van der Waals surface area contributed by atoms with Crippen LogP contribution in [0, 0.1) is 0 Å². The van der Waals surface area contributed by atoms with E-state index in [0.29, 0.717) is 30.4 Å². The molecule has 0 bridgehead atoms. The van der Waals surface area contributed by atoms with Crippen LogP contribution in [-0.2, 0) is 11.3 Å². The van der Waals surface area contributed by atoms with Gasteiger partial charge in [0.1, 0.15) is 0 Å². The molecule has 2 aromatic heterocycles.